The van der Waals surface area contributed by atoms with E-state index in [0.29, 0.717) is 43.6 Å². The lowest BCUT2D eigenvalue weighted by Crippen LogP contribution is -2.49. The molecular weight excluding hydrogens is 406 g/mol. The van der Waals surface area contributed by atoms with Gasteiger partial charge < -0.3 is 14.4 Å². The first-order valence-electron chi connectivity index (χ1n) is 10.6. The zero-order valence-electron chi connectivity index (χ0n) is 17.5. The van der Waals surface area contributed by atoms with E-state index in [1.165, 1.54) is 10.9 Å². The minimum absolute atomic E-state index is 0.0405. The van der Waals surface area contributed by atoms with Crippen molar-refractivity contribution in [2.24, 2.45) is 0 Å². The van der Waals surface area contributed by atoms with Crippen molar-refractivity contribution in [3.8, 4) is 5.82 Å². The molecule has 162 valence electrons. The number of carbonyl (C=O) groups is 1. The Balaban J connectivity index is 1.16. The molecule has 3 aromatic heterocycles. The number of anilines is 1. The Morgan fingerprint density at radius 3 is 2.34 bits per heavy atom. The number of rotatable bonds is 5. The Morgan fingerprint density at radius 2 is 1.59 bits per heavy atom. The average molecular weight is 429 g/mol. The van der Waals surface area contributed by atoms with Crippen molar-refractivity contribution in [1.82, 2.24) is 29.2 Å². The third kappa shape index (κ3) is 3.96. The van der Waals surface area contributed by atoms with Crippen LogP contribution in [0.25, 0.3) is 16.7 Å². The van der Waals surface area contributed by atoms with Crippen LogP contribution in [0.4, 0.5) is 5.82 Å². The van der Waals surface area contributed by atoms with Crippen LogP contribution < -0.4 is 10.5 Å². The Morgan fingerprint density at radius 1 is 0.875 bits per heavy atom. The second kappa shape index (κ2) is 8.62. The first-order valence-corrected chi connectivity index (χ1v) is 10.6. The topological polar surface area (TPSA) is 89.2 Å². The van der Waals surface area contributed by atoms with E-state index in [0.717, 1.165) is 11.6 Å². The molecule has 4 aromatic rings. The van der Waals surface area contributed by atoms with Crippen LogP contribution in [-0.4, -0.2) is 61.3 Å². The maximum Gasteiger partial charge on any atom is 0.261 e. The molecule has 0 radical (unpaired) electrons. The molecule has 0 unspecified atom stereocenters. The molecule has 0 saturated carbocycles. The number of amides is 1. The van der Waals surface area contributed by atoms with Crippen LogP contribution in [-0.2, 0) is 11.3 Å². The third-order valence-electron chi connectivity index (χ3n) is 5.76. The van der Waals surface area contributed by atoms with Crippen molar-refractivity contribution in [3.05, 3.63) is 77.6 Å². The van der Waals surface area contributed by atoms with E-state index in [-0.39, 0.29) is 17.9 Å². The lowest BCUT2D eigenvalue weighted by atomic mass is 10.2. The fourth-order valence-corrected chi connectivity index (χ4v) is 3.94. The summed E-state index contributed by atoms with van der Waals surface area (Å²) in [6, 6.07) is 15.0. The van der Waals surface area contributed by atoms with Gasteiger partial charge in [-0.3, -0.25) is 14.2 Å². The van der Waals surface area contributed by atoms with Crippen molar-refractivity contribution in [1.29, 1.82) is 0 Å². The van der Waals surface area contributed by atoms with Gasteiger partial charge in [-0.1, -0.05) is 12.1 Å². The normalized spacial score (nSPS) is 14.1. The summed E-state index contributed by atoms with van der Waals surface area (Å²) in [7, 11) is 0. The molecule has 1 aliphatic heterocycles. The molecular formula is C23H23N7O2. The Labute approximate surface area is 184 Å². The lowest BCUT2D eigenvalue weighted by Gasteiger charge is -2.35. The smallest absolute Gasteiger partial charge is 0.261 e. The number of fused-ring (bicyclic) bond motifs is 1. The van der Waals surface area contributed by atoms with Crippen LogP contribution in [0.3, 0.4) is 0 Å². The number of benzene rings is 1. The molecule has 0 aliphatic carbocycles. The SMILES string of the molecule is O=C(CCn1cnc2ccccc2c1=O)N1CCN(c2ccc(-n3cccc3)nn2)CC1. The fourth-order valence-electron chi connectivity index (χ4n) is 3.94. The zero-order chi connectivity index (χ0) is 21.9. The highest BCUT2D eigenvalue weighted by atomic mass is 16.2. The summed E-state index contributed by atoms with van der Waals surface area (Å²) in [5.74, 6) is 1.62. The van der Waals surface area contributed by atoms with Crippen LogP contribution >= 0.6 is 0 Å². The van der Waals surface area contributed by atoms with E-state index >= 15 is 0 Å². The molecule has 9 heteroatoms. The van der Waals surface area contributed by atoms with Gasteiger partial charge >= 0.3 is 0 Å². The molecule has 0 spiro atoms. The van der Waals surface area contributed by atoms with E-state index in [9.17, 15) is 9.59 Å². The van der Waals surface area contributed by atoms with Crippen LogP contribution in [0.1, 0.15) is 6.42 Å². The Bertz CT molecular complexity index is 1270. The summed E-state index contributed by atoms with van der Waals surface area (Å²) in [6.07, 6.45) is 5.64. The quantitative estimate of drug-likeness (QED) is 0.480. The van der Waals surface area contributed by atoms with E-state index in [1.54, 1.807) is 6.07 Å². The number of nitrogens with zero attached hydrogens (tertiary/aromatic N) is 7. The largest absolute Gasteiger partial charge is 0.352 e. The molecule has 1 saturated heterocycles. The van der Waals surface area contributed by atoms with Gasteiger partial charge in [-0.15, -0.1) is 10.2 Å². The van der Waals surface area contributed by atoms with E-state index in [2.05, 4.69) is 20.1 Å². The highest BCUT2D eigenvalue weighted by Crippen LogP contribution is 2.15. The minimum atomic E-state index is -0.116. The molecule has 1 aliphatic rings. The van der Waals surface area contributed by atoms with Crippen molar-refractivity contribution in [2.45, 2.75) is 13.0 Å². The molecule has 0 N–H and O–H groups in total. The maximum atomic E-state index is 12.7. The number of para-hydroxylation sites is 1. The molecule has 9 nitrogen and oxygen atoms in total. The molecule has 1 aromatic carbocycles. The number of aryl methyl sites for hydroxylation is 1. The first-order chi connectivity index (χ1) is 15.7. The van der Waals surface area contributed by atoms with Crippen LogP contribution in [0, 0.1) is 0 Å². The molecule has 0 bridgehead atoms. The summed E-state index contributed by atoms with van der Waals surface area (Å²) in [5, 5.41) is 9.21. The van der Waals surface area contributed by atoms with Gasteiger partial charge in [-0.2, -0.15) is 0 Å². The standard InChI is InChI=1S/C23H23N7O2/c31-22(9-12-30-17-24-19-6-2-1-5-18(19)23(30)32)29-15-13-28(14-16-29)21-8-7-20(25-26-21)27-10-3-4-11-27/h1-8,10-11,17H,9,12-16H2. The van der Waals surface area contributed by atoms with Gasteiger partial charge in [-0.25, -0.2) is 4.98 Å². The first kappa shape index (κ1) is 19.9. The summed E-state index contributed by atoms with van der Waals surface area (Å²) in [4.78, 5) is 33.6. The molecule has 0 atom stereocenters. The predicted molar refractivity (Wildman–Crippen MR) is 121 cm³/mol. The van der Waals surface area contributed by atoms with Crippen molar-refractivity contribution in [3.63, 3.8) is 0 Å². The number of aromatic nitrogens is 5. The fraction of sp³-hybridized carbons (Fsp3) is 0.261. The van der Waals surface area contributed by atoms with Gasteiger partial charge in [0.05, 0.1) is 17.2 Å². The van der Waals surface area contributed by atoms with Crippen LogP contribution in [0.5, 0.6) is 0 Å². The monoisotopic (exact) mass is 429 g/mol. The molecule has 4 heterocycles. The van der Waals surface area contributed by atoms with Gasteiger partial charge in [0.25, 0.3) is 5.56 Å². The van der Waals surface area contributed by atoms with E-state index < -0.39 is 0 Å². The zero-order valence-corrected chi connectivity index (χ0v) is 17.5. The Hall–Kier alpha value is -4.01. The highest BCUT2D eigenvalue weighted by Gasteiger charge is 2.22. The number of carbonyl (C=O) groups excluding carboxylic acids is 1. The number of hydrogen-bond donors (Lipinski definition) is 0. The van der Waals surface area contributed by atoms with Crippen LogP contribution in [0.2, 0.25) is 0 Å². The summed E-state index contributed by atoms with van der Waals surface area (Å²) in [6.45, 7) is 2.94. The molecule has 1 fully saturated rings. The summed E-state index contributed by atoms with van der Waals surface area (Å²) < 4.78 is 3.42. The van der Waals surface area contributed by atoms with Gasteiger partial charge in [0.1, 0.15) is 0 Å². The molecule has 32 heavy (non-hydrogen) atoms. The average Bonchev–Trinajstić information content (AvgIpc) is 3.39. The number of piperazine rings is 1. The molecule has 5 rings (SSSR count). The summed E-state index contributed by atoms with van der Waals surface area (Å²) in [5.41, 5.74) is 0.552. The minimum Gasteiger partial charge on any atom is -0.352 e. The van der Waals surface area contributed by atoms with Crippen molar-refractivity contribution in [2.75, 3.05) is 31.1 Å². The third-order valence-corrected chi connectivity index (χ3v) is 5.76. The number of hydrogen-bond acceptors (Lipinski definition) is 6. The van der Waals surface area contributed by atoms with Gasteiger partial charge in [-0.05, 0) is 36.4 Å². The maximum absolute atomic E-state index is 12.7. The van der Waals surface area contributed by atoms with Gasteiger partial charge in [0, 0.05) is 51.5 Å². The van der Waals surface area contributed by atoms with E-state index in [4.69, 9.17) is 0 Å². The predicted octanol–water partition coefficient (Wildman–Crippen LogP) is 1.72. The summed E-state index contributed by atoms with van der Waals surface area (Å²) >= 11 is 0. The van der Waals surface area contributed by atoms with Gasteiger partial charge in [0.2, 0.25) is 5.91 Å². The highest BCUT2D eigenvalue weighted by molar-refractivity contribution is 5.77. The van der Waals surface area contributed by atoms with Crippen molar-refractivity contribution < 1.29 is 4.79 Å². The second-order valence-electron chi connectivity index (χ2n) is 7.72. The Kier molecular flexibility index (Phi) is 5.37. The lowest BCUT2D eigenvalue weighted by molar-refractivity contribution is -0.131. The molecule has 1 amide bonds. The van der Waals surface area contributed by atoms with E-state index in [1.807, 2.05) is 64.3 Å². The second-order valence-corrected chi connectivity index (χ2v) is 7.72. The van der Waals surface area contributed by atoms with Crippen LogP contribution in [0.15, 0.2) is 72.0 Å². The van der Waals surface area contributed by atoms with Crippen molar-refractivity contribution >= 4 is 22.6 Å². The van der Waals surface area contributed by atoms with Gasteiger partial charge in [0.15, 0.2) is 11.6 Å².